The molecule has 0 spiro atoms. The molecular formula is C58H82O4S3. The molecule has 5 rings (SSSR count). The third kappa shape index (κ3) is 20.1. The molecule has 2 aromatic carbocycles. The molecule has 0 unspecified atom stereocenters. The Morgan fingerprint density at radius 1 is 0.338 bits per heavy atom. The average Bonchev–Trinajstić information content (AvgIpc) is 4.10. The first-order valence-corrected chi connectivity index (χ1v) is 28.1. The molecule has 0 saturated carbocycles. The van der Waals surface area contributed by atoms with E-state index in [1.54, 1.807) is 0 Å². The molecule has 0 bridgehead atoms. The van der Waals surface area contributed by atoms with Crippen LogP contribution in [-0.4, -0.2) is 52.9 Å². The van der Waals surface area contributed by atoms with Crippen LogP contribution in [0.2, 0.25) is 0 Å². The summed E-state index contributed by atoms with van der Waals surface area (Å²) >= 11 is 5.87. The van der Waals surface area contributed by atoms with Gasteiger partial charge in [0.2, 0.25) is 0 Å². The van der Waals surface area contributed by atoms with Gasteiger partial charge in [0, 0.05) is 42.5 Å². The van der Waals surface area contributed by atoms with E-state index in [4.69, 9.17) is 18.9 Å². The molecule has 0 atom stereocenters. The van der Waals surface area contributed by atoms with Crippen LogP contribution < -0.4 is 0 Å². The SMILES string of the molecule is CCCCCCOCCOCCc1cc(-c2ccc(/C=C/c3ccc(-c4ccc(-c5cc(CCOCCOCCCCCC)c(CCCCCC)s5)s4)cc3)cc2)sc1CCCCCC. The van der Waals surface area contributed by atoms with Crippen molar-refractivity contribution in [3.8, 4) is 30.6 Å². The highest BCUT2D eigenvalue weighted by molar-refractivity contribution is 7.24. The van der Waals surface area contributed by atoms with Gasteiger partial charge in [-0.2, -0.15) is 0 Å². The molecule has 7 heteroatoms. The zero-order valence-electron chi connectivity index (χ0n) is 40.7. The molecule has 0 N–H and O–H groups in total. The van der Waals surface area contributed by atoms with Gasteiger partial charge < -0.3 is 18.9 Å². The maximum absolute atomic E-state index is 6.03. The van der Waals surface area contributed by atoms with Gasteiger partial charge in [-0.3, -0.25) is 0 Å². The first-order valence-electron chi connectivity index (χ1n) is 25.6. The lowest BCUT2D eigenvalue weighted by Gasteiger charge is -2.07. The number of benzene rings is 2. The van der Waals surface area contributed by atoms with Crippen LogP contribution >= 0.6 is 34.0 Å². The highest BCUT2D eigenvalue weighted by Gasteiger charge is 2.14. The Bertz CT molecular complexity index is 1990. The predicted octanol–water partition coefficient (Wildman–Crippen LogP) is 17.6. The normalized spacial score (nSPS) is 11.8. The molecule has 0 aliphatic carbocycles. The van der Waals surface area contributed by atoms with Gasteiger partial charge in [-0.15, -0.1) is 34.0 Å². The van der Waals surface area contributed by atoms with Crippen LogP contribution in [0.5, 0.6) is 0 Å². The minimum Gasteiger partial charge on any atom is -0.379 e. The fourth-order valence-corrected chi connectivity index (χ4v) is 11.7. The van der Waals surface area contributed by atoms with Gasteiger partial charge in [-0.25, -0.2) is 0 Å². The molecule has 0 radical (unpaired) electrons. The number of thiophene rings is 3. The van der Waals surface area contributed by atoms with E-state index in [1.807, 2.05) is 34.0 Å². The van der Waals surface area contributed by atoms with Crippen molar-refractivity contribution in [2.24, 2.45) is 0 Å². The van der Waals surface area contributed by atoms with Crippen LogP contribution in [0.1, 0.15) is 162 Å². The minimum atomic E-state index is 0.677. The fraction of sp³-hybridized carbons (Fsp3) is 0.552. The Kier molecular flexibility index (Phi) is 26.8. The third-order valence-electron chi connectivity index (χ3n) is 12.1. The Morgan fingerprint density at radius 3 is 1.22 bits per heavy atom. The van der Waals surface area contributed by atoms with Gasteiger partial charge in [0.25, 0.3) is 0 Å². The molecule has 0 fully saturated rings. The summed E-state index contributed by atoms with van der Waals surface area (Å²) in [7, 11) is 0. The number of hydrogen-bond donors (Lipinski definition) is 0. The summed E-state index contributed by atoms with van der Waals surface area (Å²) in [4.78, 5) is 8.49. The van der Waals surface area contributed by atoms with Gasteiger partial charge in [-0.1, -0.05) is 165 Å². The van der Waals surface area contributed by atoms with Crippen molar-refractivity contribution in [1.29, 1.82) is 0 Å². The largest absolute Gasteiger partial charge is 0.379 e. The molecule has 3 aromatic heterocycles. The Labute approximate surface area is 407 Å². The van der Waals surface area contributed by atoms with E-state index < -0.39 is 0 Å². The molecule has 0 aliphatic heterocycles. The van der Waals surface area contributed by atoms with E-state index in [0.29, 0.717) is 26.4 Å². The topological polar surface area (TPSA) is 36.9 Å². The smallest absolute Gasteiger partial charge is 0.0700 e. The van der Waals surface area contributed by atoms with E-state index in [0.717, 1.165) is 58.5 Å². The minimum absolute atomic E-state index is 0.677. The summed E-state index contributed by atoms with van der Waals surface area (Å²) in [5.74, 6) is 0. The van der Waals surface area contributed by atoms with Gasteiger partial charge in [-0.05, 0) is 109 Å². The van der Waals surface area contributed by atoms with Crippen LogP contribution in [-0.2, 0) is 44.6 Å². The summed E-state index contributed by atoms with van der Waals surface area (Å²) in [5.41, 5.74) is 7.92. The number of aryl methyl sites for hydroxylation is 2. The molecule has 0 aliphatic rings. The number of rotatable bonds is 37. The molecule has 65 heavy (non-hydrogen) atoms. The van der Waals surface area contributed by atoms with E-state index >= 15 is 0 Å². The summed E-state index contributed by atoms with van der Waals surface area (Å²) in [6.07, 6.45) is 29.0. The molecule has 5 aromatic rings. The molecule has 3 heterocycles. The first kappa shape index (κ1) is 53.1. The van der Waals surface area contributed by atoms with E-state index in [1.165, 1.54) is 159 Å². The van der Waals surface area contributed by atoms with Crippen molar-refractivity contribution in [2.45, 2.75) is 156 Å². The molecule has 356 valence electrons. The Balaban J connectivity index is 1.13. The van der Waals surface area contributed by atoms with E-state index in [2.05, 4.69) is 113 Å². The quantitative estimate of drug-likeness (QED) is 0.0294. The van der Waals surface area contributed by atoms with Crippen molar-refractivity contribution in [3.05, 3.63) is 105 Å². The summed E-state index contributed by atoms with van der Waals surface area (Å²) in [6.45, 7) is 15.0. The van der Waals surface area contributed by atoms with Crippen molar-refractivity contribution in [2.75, 3.05) is 52.9 Å². The maximum atomic E-state index is 6.03. The molecular weight excluding hydrogens is 857 g/mol. The van der Waals surface area contributed by atoms with Crippen molar-refractivity contribution >= 4 is 46.2 Å². The summed E-state index contributed by atoms with van der Waals surface area (Å²) in [6, 6.07) is 27.6. The first-order chi connectivity index (χ1) is 32.1. The second kappa shape index (κ2) is 32.8. The van der Waals surface area contributed by atoms with Crippen LogP contribution in [0, 0.1) is 0 Å². The fourth-order valence-electron chi connectivity index (χ4n) is 8.07. The third-order valence-corrected chi connectivity index (χ3v) is 15.9. The van der Waals surface area contributed by atoms with E-state index in [-0.39, 0.29) is 0 Å². The second-order valence-electron chi connectivity index (χ2n) is 17.6. The number of unbranched alkanes of at least 4 members (excludes halogenated alkanes) is 12. The Morgan fingerprint density at radius 2 is 0.738 bits per heavy atom. The molecule has 0 amide bonds. The summed E-state index contributed by atoms with van der Waals surface area (Å²) in [5, 5.41) is 0. The standard InChI is InChI=1S/C58H82O4S3/c1-5-9-13-17-21-53-51(35-39-61-43-41-59-37-19-15-11-7-3)45-57(64-53)50-31-27-48(28-32-50)24-23-47-25-29-49(30-26-47)55-33-34-56(63-55)58-46-52(54(65-58)22-18-14-10-6-2)36-40-62-44-42-60-38-20-16-12-8-4/h23-34,45-46H,5-22,35-44H2,1-4H3/b24-23+. The van der Waals surface area contributed by atoms with E-state index in [9.17, 15) is 0 Å². The lowest BCUT2D eigenvalue weighted by molar-refractivity contribution is 0.0474. The van der Waals surface area contributed by atoms with Crippen molar-refractivity contribution in [1.82, 2.24) is 0 Å². The maximum Gasteiger partial charge on any atom is 0.0700 e. The van der Waals surface area contributed by atoms with Crippen LogP contribution in [0.4, 0.5) is 0 Å². The lowest BCUT2D eigenvalue weighted by Crippen LogP contribution is -2.07. The van der Waals surface area contributed by atoms with Crippen LogP contribution in [0.15, 0.2) is 72.8 Å². The molecule has 4 nitrogen and oxygen atoms in total. The van der Waals surface area contributed by atoms with Gasteiger partial charge >= 0.3 is 0 Å². The number of ether oxygens (including phenoxy) is 4. The highest BCUT2D eigenvalue weighted by atomic mass is 32.1. The zero-order valence-corrected chi connectivity index (χ0v) is 43.2. The predicted molar refractivity (Wildman–Crippen MR) is 286 cm³/mol. The Hall–Kier alpha value is -2.88. The van der Waals surface area contributed by atoms with Gasteiger partial charge in [0.05, 0.1) is 39.6 Å². The number of hydrogen-bond acceptors (Lipinski definition) is 7. The van der Waals surface area contributed by atoms with Crippen molar-refractivity contribution in [3.63, 3.8) is 0 Å². The molecule has 0 saturated heterocycles. The van der Waals surface area contributed by atoms with Gasteiger partial charge in [0.1, 0.15) is 0 Å². The lowest BCUT2D eigenvalue weighted by atomic mass is 10.0. The average molecular weight is 939 g/mol. The summed E-state index contributed by atoms with van der Waals surface area (Å²) < 4.78 is 23.6. The van der Waals surface area contributed by atoms with Gasteiger partial charge in [0.15, 0.2) is 0 Å². The zero-order chi connectivity index (χ0) is 45.6. The van der Waals surface area contributed by atoms with Crippen LogP contribution in [0.25, 0.3) is 42.8 Å². The van der Waals surface area contributed by atoms with Crippen molar-refractivity contribution < 1.29 is 18.9 Å². The second-order valence-corrected chi connectivity index (χ2v) is 20.9. The highest BCUT2D eigenvalue weighted by Crippen LogP contribution is 2.40. The monoisotopic (exact) mass is 939 g/mol. The van der Waals surface area contributed by atoms with Crippen LogP contribution in [0.3, 0.4) is 0 Å².